The van der Waals surface area contributed by atoms with Crippen LogP contribution < -0.4 is 11.1 Å². The zero-order valence-corrected chi connectivity index (χ0v) is 8.12. The van der Waals surface area contributed by atoms with Crippen molar-refractivity contribution < 1.29 is 0 Å². The van der Waals surface area contributed by atoms with Crippen molar-refractivity contribution >= 4 is 0 Å². The van der Waals surface area contributed by atoms with Crippen LogP contribution >= 0.6 is 0 Å². The standard InChI is InChI=1S/C9H13N.C2H3N/c1-7-4-3-5-9(6-7)8(2)10;1-2-3-1/h3-6,8H,10H2,1-2H3;1-3H. The predicted octanol–water partition coefficient (Wildman–Crippen LogP) is 2.08. The van der Waals surface area contributed by atoms with E-state index in [4.69, 9.17) is 5.73 Å². The Labute approximate surface area is 79.5 Å². The van der Waals surface area contributed by atoms with Crippen LogP contribution in [0.5, 0.6) is 0 Å². The van der Waals surface area contributed by atoms with E-state index in [2.05, 4.69) is 30.4 Å². The van der Waals surface area contributed by atoms with Crippen molar-refractivity contribution in [1.82, 2.24) is 5.32 Å². The molecule has 0 saturated heterocycles. The summed E-state index contributed by atoms with van der Waals surface area (Å²) in [6.07, 6.45) is 3.75. The van der Waals surface area contributed by atoms with E-state index in [1.807, 2.05) is 25.4 Å². The third-order valence-electron chi connectivity index (χ3n) is 1.73. The van der Waals surface area contributed by atoms with Gasteiger partial charge in [-0.1, -0.05) is 29.8 Å². The van der Waals surface area contributed by atoms with Gasteiger partial charge in [0.1, 0.15) is 0 Å². The van der Waals surface area contributed by atoms with Crippen LogP contribution in [0.15, 0.2) is 36.7 Å². The lowest BCUT2D eigenvalue weighted by atomic mass is 10.1. The Kier molecular flexibility index (Phi) is 3.53. The van der Waals surface area contributed by atoms with E-state index in [1.165, 1.54) is 11.1 Å². The minimum absolute atomic E-state index is 0.153. The fourth-order valence-corrected chi connectivity index (χ4v) is 0.953. The molecule has 13 heavy (non-hydrogen) atoms. The van der Waals surface area contributed by atoms with E-state index in [1.54, 1.807) is 0 Å². The Morgan fingerprint density at radius 3 is 2.23 bits per heavy atom. The summed E-state index contributed by atoms with van der Waals surface area (Å²) in [4.78, 5) is 0. The molecule has 2 heteroatoms. The molecule has 1 aromatic carbocycles. The number of nitrogens with one attached hydrogen (secondary N) is 1. The Morgan fingerprint density at radius 1 is 1.31 bits per heavy atom. The van der Waals surface area contributed by atoms with Gasteiger partial charge in [0.25, 0.3) is 0 Å². The zero-order valence-electron chi connectivity index (χ0n) is 8.12. The van der Waals surface area contributed by atoms with Crippen molar-refractivity contribution in [3.8, 4) is 0 Å². The average Bonchev–Trinajstić information content (AvgIpc) is 2.89. The zero-order chi connectivity index (χ0) is 9.68. The van der Waals surface area contributed by atoms with E-state index < -0.39 is 0 Å². The minimum atomic E-state index is 0.153. The molecule has 2 nitrogen and oxygen atoms in total. The smallest absolute Gasteiger partial charge is 0.0266 e. The van der Waals surface area contributed by atoms with E-state index >= 15 is 0 Å². The number of hydrogen-bond acceptors (Lipinski definition) is 2. The van der Waals surface area contributed by atoms with Crippen molar-refractivity contribution in [2.45, 2.75) is 19.9 Å². The Balaban J connectivity index is 0.000000236. The highest BCUT2D eigenvalue weighted by molar-refractivity contribution is 5.24. The maximum atomic E-state index is 5.68. The molecule has 1 aliphatic heterocycles. The predicted molar refractivity (Wildman–Crippen MR) is 56.1 cm³/mol. The van der Waals surface area contributed by atoms with Gasteiger partial charge in [-0.15, -0.1) is 0 Å². The van der Waals surface area contributed by atoms with Crippen LogP contribution in [0.4, 0.5) is 0 Å². The topological polar surface area (TPSA) is 48.0 Å². The molecule has 0 radical (unpaired) electrons. The van der Waals surface area contributed by atoms with Gasteiger partial charge in [-0.2, -0.15) is 0 Å². The fraction of sp³-hybridized carbons (Fsp3) is 0.273. The summed E-state index contributed by atoms with van der Waals surface area (Å²) in [7, 11) is 0. The van der Waals surface area contributed by atoms with Gasteiger partial charge in [-0.05, 0) is 19.4 Å². The van der Waals surface area contributed by atoms with E-state index in [0.717, 1.165) is 0 Å². The first kappa shape index (κ1) is 9.81. The normalized spacial score (nSPS) is 13.8. The molecule has 0 bridgehead atoms. The molecule has 0 aliphatic carbocycles. The highest BCUT2D eigenvalue weighted by Crippen LogP contribution is 2.10. The maximum absolute atomic E-state index is 5.68. The number of benzene rings is 1. The fourth-order valence-electron chi connectivity index (χ4n) is 0.953. The van der Waals surface area contributed by atoms with Gasteiger partial charge in [-0.25, -0.2) is 0 Å². The van der Waals surface area contributed by atoms with Crippen LogP contribution in [0.1, 0.15) is 24.1 Å². The summed E-state index contributed by atoms with van der Waals surface area (Å²) >= 11 is 0. The molecule has 2 rings (SSSR count). The first-order valence-electron chi connectivity index (χ1n) is 4.43. The second kappa shape index (κ2) is 4.67. The molecule has 1 aliphatic rings. The largest absolute Gasteiger partial charge is 0.365 e. The van der Waals surface area contributed by atoms with E-state index in [0.29, 0.717) is 0 Å². The Hall–Kier alpha value is -1.28. The van der Waals surface area contributed by atoms with Crippen LogP contribution in [-0.2, 0) is 0 Å². The van der Waals surface area contributed by atoms with Crippen molar-refractivity contribution in [3.63, 3.8) is 0 Å². The van der Waals surface area contributed by atoms with Gasteiger partial charge in [0.15, 0.2) is 0 Å². The first-order valence-corrected chi connectivity index (χ1v) is 4.43. The number of rotatable bonds is 1. The summed E-state index contributed by atoms with van der Waals surface area (Å²) in [5.74, 6) is 0. The second-order valence-corrected chi connectivity index (χ2v) is 3.20. The summed E-state index contributed by atoms with van der Waals surface area (Å²) in [5, 5.41) is 2.75. The van der Waals surface area contributed by atoms with Gasteiger partial charge in [0, 0.05) is 18.4 Å². The molecule has 1 aromatic rings. The summed E-state index contributed by atoms with van der Waals surface area (Å²) in [6, 6.07) is 8.43. The van der Waals surface area contributed by atoms with Crippen LogP contribution in [0.2, 0.25) is 0 Å². The molecule has 1 heterocycles. The lowest BCUT2D eigenvalue weighted by molar-refractivity contribution is 0.817. The van der Waals surface area contributed by atoms with Gasteiger partial charge in [0.2, 0.25) is 0 Å². The van der Waals surface area contributed by atoms with E-state index in [-0.39, 0.29) is 6.04 Å². The van der Waals surface area contributed by atoms with Crippen LogP contribution in [0.3, 0.4) is 0 Å². The second-order valence-electron chi connectivity index (χ2n) is 3.20. The molecule has 0 fully saturated rings. The van der Waals surface area contributed by atoms with Gasteiger partial charge in [0.05, 0.1) is 0 Å². The van der Waals surface area contributed by atoms with Gasteiger partial charge < -0.3 is 11.1 Å². The van der Waals surface area contributed by atoms with Crippen LogP contribution in [0, 0.1) is 6.92 Å². The minimum Gasteiger partial charge on any atom is -0.365 e. The molecule has 1 atom stereocenters. The third-order valence-corrected chi connectivity index (χ3v) is 1.73. The number of hydrogen-bond donors (Lipinski definition) is 2. The molecule has 0 spiro atoms. The average molecular weight is 176 g/mol. The maximum Gasteiger partial charge on any atom is 0.0266 e. The number of nitrogens with two attached hydrogens (primary N) is 1. The lowest BCUT2D eigenvalue weighted by Crippen LogP contribution is -2.04. The lowest BCUT2D eigenvalue weighted by Gasteiger charge is -2.04. The molecular formula is C11H16N2. The molecular weight excluding hydrogens is 160 g/mol. The monoisotopic (exact) mass is 176 g/mol. The molecule has 70 valence electrons. The van der Waals surface area contributed by atoms with Crippen LogP contribution in [0.25, 0.3) is 0 Å². The highest BCUT2D eigenvalue weighted by atomic mass is 14.9. The highest BCUT2D eigenvalue weighted by Gasteiger charge is 1.96. The summed E-state index contributed by atoms with van der Waals surface area (Å²) < 4.78 is 0. The van der Waals surface area contributed by atoms with E-state index in [9.17, 15) is 0 Å². The molecule has 0 aromatic heterocycles. The summed E-state index contributed by atoms with van der Waals surface area (Å²) in [6.45, 7) is 4.07. The van der Waals surface area contributed by atoms with Crippen molar-refractivity contribution in [1.29, 1.82) is 0 Å². The first-order chi connectivity index (χ1) is 6.20. The van der Waals surface area contributed by atoms with Crippen molar-refractivity contribution in [3.05, 3.63) is 47.8 Å². The third kappa shape index (κ3) is 4.33. The van der Waals surface area contributed by atoms with Gasteiger partial charge >= 0.3 is 0 Å². The Morgan fingerprint density at radius 2 is 1.92 bits per heavy atom. The SMILES string of the molecule is C1=CN1.Cc1cccc(C(C)N)c1. The van der Waals surface area contributed by atoms with Gasteiger partial charge in [-0.3, -0.25) is 0 Å². The molecule has 1 unspecified atom stereocenters. The quantitative estimate of drug-likeness (QED) is 0.688. The number of aryl methyl sites for hydroxylation is 1. The van der Waals surface area contributed by atoms with Crippen LogP contribution in [-0.4, -0.2) is 0 Å². The van der Waals surface area contributed by atoms with Crippen molar-refractivity contribution in [2.24, 2.45) is 5.73 Å². The molecule has 0 amide bonds. The summed E-state index contributed by atoms with van der Waals surface area (Å²) in [5.41, 5.74) is 8.16. The molecule has 3 N–H and O–H groups in total. The molecule has 0 saturated carbocycles. The Bertz CT molecular complexity index is 286. The van der Waals surface area contributed by atoms with Crippen molar-refractivity contribution in [2.75, 3.05) is 0 Å².